The highest BCUT2D eigenvalue weighted by atomic mass is 16.5. The van der Waals surface area contributed by atoms with E-state index in [1.807, 2.05) is 58.0 Å². The lowest BCUT2D eigenvalue weighted by molar-refractivity contribution is -0.123. The van der Waals surface area contributed by atoms with Crippen molar-refractivity contribution in [2.24, 2.45) is 0 Å². The van der Waals surface area contributed by atoms with Gasteiger partial charge in [-0.05, 0) is 62.6 Å². The first-order chi connectivity index (χ1) is 11.3. The fourth-order valence-electron chi connectivity index (χ4n) is 2.38. The number of aryl methyl sites for hydroxylation is 4. The fourth-order valence-corrected chi connectivity index (χ4v) is 2.38. The van der Waals surface area contributed by atoms with Gasteiger partial charge in [-0.3, -0.25) is 20.4 Å². The topological polar surface area (TPSA) is 67.4 Å². The molecule has 2 N–H and O–H groups in total. The number of carbonyl (C=O) groups excluding carboxylic acids is 2. The average Bonchev–Trinajstić information content (AvgIpc) is 2.52. The molecular weight excluding hydrogens is 304 g/mol. The monoisotopic (exact) mass is 326 g/mol. The third-order valence-corrected chi connectivity index (χ3v) is 3.52. The number of nitrogens with one attached hydrogen (secondary N) is 2. The van der Waals surface area contributed by atoms with Crippen molar-refractivity contribution in [3.63, 3.8) is 0 Å². The molecule has 0 spiro atoms. The molecule has 0 heterocycles. The van der Waals surface area contributed by atoms with E-state index in [4.69, 9.17) is 4.74 Å². The normalized spacial score (nSPS) is 10.2. The van der Waals surface area contributed by atoms with E-state index in [0.29, 0.717) is 11.3 Å². The van der Waals surface area contributed by atoms with Crippen LogP contribution < -0.4 is 15.6 Å². The van der Waals surface area contributed by atoms with Crippen molar-refractivity contribution in [2.75, 3.05) is 6.61 Å². The molecule has 0 saturated carbocycles. The van der Waals surface area contributed by atoms with Gasteiger partial charge in [0.15, 0.2) is 6.61 Å². The number of benzene rings is 2. The van der Waals surface area contributed by atoms with Crippen LogP contribution in [-0.2, 0) is 4.79 Å². The maximum Gasteiger partial charge on any atom is 0.276 e. The van der Waals surface area contributed by atoms with Crippen LogP contribution in [0.5, 0.6) is 5.75 Å². The number of rotatable bonds is 4. The van der Waals surface area contributed by atoms with Crippen molar-refractivity contribution < 1.29 is 14.3 Å². The highest BCUT2D eigenvalue weighted by Crippen LogP contribution is 2.16. The molecule has 0 atom stereocenters. The molecule has 2 aromatic carbocycles. The van der Waals surface area contributed by atoms with E-state index in [1.54, 1.807) is 6.07 Å². The van der Waals surface area contributed by atoms with E-state index in [-0.39, 0.29) is 12.5 Å². The van der Waals surface area contributed by atoms with Crippen LogP contribution in [0.4, 0.5) is 0 Å². The van der Waals surface area contributed by atoms with Crippen LogP contribution in [-0.4, -0.2) is 18.4 Å². The highest BCUT2D eigenvalue weighted by Gasteiger charge is 2.10. The van der Waals surface area contributed by atoms with Crippen molar-refractivity contribution >= 4 is 11.8 Å². The van der Waals surface area contributed by atoms with Gasteiger partial charge in [-0.2, -0.15) is 0 Å². The minimum absolute atomic E-state index is 0.171. The maximum absolute atomic E-state index is 12.1. The molecule has 0 unspecified atom stereocenters. The van der Waals surface area contributed by atoms with Crippen LogP contribution in [0.3, 0.4) is 0 Å². The lowest BCUT2D eigenvalue weighted by Gasteiger charge is -2.11. The zero-order chi connectivity index (χ0) is 17.7. The molecule has 0 aliphatic carbocycles. The van der Waals surface area contributed by atoms with Gasteiger partial charge in [-0.1, -0.05) is 23.8 Å². The number of hydrazine groups is 1. The van der Waals surface area contributed by atoms with Crippen molar-refractivity contribution in [3.8, 4) is 5.75 Å². The molecule has 0 saturated heterocycles. The van der Waals surface area contributed by atoms with Gasteiger partial charge in [0.1, 0.15) is 5.75 Å². The Kier molecular flexibility index (Phi) is 5.58. The zero-order valence-electron chi connectivity index (χ0n) is 14.4. The van der Waals surface area contributed by atoms with Crippen molar-refractivity contribution in [1.29, 1.82) is 0 Å². The van der Waals surface area contributed by atoms with Crippen LogP contribution in [0.1, 0.15) is 32.6 Å². The summed E-state index contributed by atoms with van der Waals surface area (Å²) in [5.74, 6) is -0.146. The smallest absolute Gasteiger partial charge is 0.276 e. The van der Waals surface area contributed by atoms with Crippen LogP contribution in [0.15, 0.2) is 36.4 Å². The summed E-state index contributed by atoms with van der Waals surface area (Å²) >= 11 is 0. The molecule has 2 amide bonds. The average molecular weight is 326 g/mol. The van der Waals surface area contributed by atoms with Crippen LogP contribution >= 0.6 is 0 Å². The number of amides is 2. The number of hydrogen-bond acceptors (Lipinski definition) is 3. The molecule has 0 fully saturated rings. The SMILES string of the molecule is Cc1cc(C)cc(OCC(=O)NNC(=O)c2cc(C)ccc2C)c1. The summed E-state index contributed by atoms with van der Waals surface area (Å²) in [6, 6.07) is 11.3. The minimum Gasteiger partial charge on any atom is -0.484 e. The predicted octanol–water partition coefficient (Wildman–Crippen LogP) is 2.76. The van der Waals surface area contributed by atoms with Crippen LogP contribution in [0.25, 0.3) is 0 Å². The molecule has 24 heavy (non-hydrogen) atoms. The summed E-state index contributed by atoms with van der Waals surface area (Å²) in [6.07, 6.45) is 0. The number of hydrogen-bond donors (Lipinski definition) is 2. The molecule has 2 rings (SSSR count). The number of carbonyl (C=O) groups is 2. The number of ether oxygens (including phenoxy) is 1. The van der Waals surface area contributed by atoms with Gasteiger partial charge in [0.2, 0.25) is 0 Å². The standard InChI is InChI=1S/C19H22N2O3/c1-12-5-6-15(4)17(10-12)19(23)21-20-18(22)11-24-16-8-13(2)7-14(3)9-16/h5-10H,11H2,1-4H3,(H,20,22)(H,21,23). The molecule has 5 nitrogen and oxygen atoms in total. The Labute approximate surface area is 142 Å². The summed E-state index contributed by atoms with van der Waals surface area (Å²) in [5.41, 5.74) is 9.26. The van der Waals surface area contributed by atoms with Gasteiger partial charge < -0.3 is 4.74 Å². The van der Waals surface area contributed by atoms with Gasteiger partial charge in [-0.25, -0.2) is 0 Å². The van der Waals surface area contributed by atoms with Crippen molar-refractivity contribution in [1.82, 2.24) is 10.9 Å². The second-order valence-electron chi connectivity index (χ2n) is 5.93. The van der Waals surface area contributed by atoms with Gasteiger partial charge in [0, 0.05) is 5.56 Å². The van der Waals surface area contributed by atoms with E-state index < -0.39 is 5.91 Å². The first kappa shape index (κ1) is 17.5. The molecule has 2 aromatic rings. The van der Waals surface area contributed by atoms with E-state index >= 15 is 0 Å². The third-order valence-electron chi connectivity index (χ3n) is 3.52. The summed E-state index contributed by atoms with van der Waals surface area (Å²) in [7, 11) is 0. The summed E-state index contributed by atoms with van der Waals surface area (Å²) in [6.45, 7) is 7.51. The summed E-state index contributed by atoms with van der Waals surface area (Å²) in [4.78, 5) is 23.9. The summed E-state index contributed by atoms with van der Waals surface area (Å²) < 4.78 is 5.45. The second kappa shape index (κ2) is 7.64. The molecule has 5 heteroatoms. The fraction of sp³-hybridized carbons (Fsp3) is 0.263. The van der Waals surface area contributed by atoms with Gasteiger partial charge in [-0.15, -0.1) is 0 Å². The quantitative estimate of drug-likeness (QED) is 0.849. The summed E-state index contributed by atoms with van der Waals surface area (Å²) in [5, 5.41) is 0. The molecular formula is C19H22N2O3. The predicted molar refractivity (Wildman–Crippen MR) is 92.9 cm³/mol. The Morgan fingerprint density at radius 2 is 1.54 bits per heavy atom. The minimum atomic E-state index is -0.423. The Morgan fingerprint density at radius 1 is 0.875 bits per heavy atom. The zero-order valence-corrected chi connectivity index (χ0v) is 14.4. The Bertz CT molecular complexity index is 749. The van der Waals surface area contributed by atoms with Crippen LogP contribution in [0, 0.1) is 27.7 Å². The first-order valence-electron chi connectivity index (χ1n) is 7.72. The first-order valence-corrected chi connectivity index (χ1v) is 7.72. The van der Waals surface area contributed by atoms with E-state index in [2.05, 4.69) is 10.9 Å². The van der Waals surface area contributed by atoms with Gasteiger partial charge >= 0.3 is 0 Å². The largest absolute Gasteiger partial charge is 0.484 e. The van der Waals surface area contributed by atoms with E-state index in [1.165, 1.54) is 0 Å². The second-order valence-corrected chi connectivity index (χ2v) is 5.93. The highest BCUT2D eigenvalue weighted by molar-refractivity contribution is 5.96. The van der Waals surface area contributed by atoms with Crippen LogP contribution in [0.2, 0.25) is 0 Å². The van der Waals surface area contributed by atoms with Gasteiger partial charge in [0.25, 0.3) is 11.8 Å². The molecule has 0 radical (unpaired) electrons. The molecule has 0 aliphatic rings. The molecule has 0 aromatic heterocycles. The molecule has 126 valence electrons. The Balaban J connectivity index is 1.86. The Hall–Kier alpha value is -2.82. The van der Waals surface area contributed by atoms with Crippen molar-refractivity contribution in [3.05, 3.63) is 64.2 Å². The molecule has 0 bridgehead atoms. The van der Waals surface area contributed by atoms with E-state index in [9.17, 15) is 9.59 Å². The van der Waals surface area contributed by atoms with Gasteiger partial charge in [0.05, 0.1) is 0 Å². The maximum atomic E-state index is 12.1. The van der Waals surface area contributed by atoms with E-state index in [0.717, 1.165) is 22.3 Å². The lowest BCUT2D eigenvalue weighted by Crippen LogP contribution is -2.44. The molecule has 0 aliphatic heterocycles. The lowest BCUT2D eigenvalue weighted by atomic mass is 10.1. The van der Waals surface area contributed by atoms with Crippen molar-refractivity contribution in [2.45, 2.75) is 27.7 Å². The third kappa shape index (κ3) is 4.84. The Morgan fingerprint density at radius 3 is 2.21 bits per heavy atom.